The molecule has 20 heavy (non-hydrogen) atoms. The van der Waals surface area contributed by atoms with Crippen molar-refractivity contribution >= 4 is 22.6 Å². The molecule has 0 bridgehead atoms. The molecule has 0 radical (unpaired) electrons. The fraction of sp³-hybridized carbons (Fsp3) is 0.133. The van der Waals surface area contributed by atoms with Crippen molar-refractivity contribution in [2.75, 3.05) is 7.11 Å². The number of H-pyrrole nitrogens is 1. The first-order valence-electron chi connectivity index (χ1n) is 6.18. The fourth-order valence-corrected chi connectivity index (χ4v) is 2.46. The van der Waals surface area contributed by atoms with Gasteiger partial charge in [-0.2, -0.15) is 0 Å². The van der Waals surface area contributed by atoms with E-state index in [9.17, 15) is 4.79 Å². The van der Waals surface area contributed by atoms with Gasteiger partial charge in [0.2, 0.25) is 0 Å². The molecule has 0 atom stereocenters. The second-order valence-corrected chi connectivity index (χ2v) is 4.97. The summed E-state index contributed by atoms with van der Waals surface area (Å²) in [5, 5.41) is 0.664. The predicted octanol–water partition coefficient (Wildman–Crippen LogP) is 3.04. The summed E-state index contributed by atoms with van der Waals surface area (Å²) >= 11 is 5.97. The maximum atomic E-state index is 12.1. The third-order valence-corrected chi connectivity index (χ3v) is 3.45. The van der Waals surface area contributed by atoms with Crippen molar-refractivity contribution in [1.29, 1.82) is 0 Å². The molecule has 0 unspecified atom stereocenters. The van der Waals surface area contributed by atoms with E-state index in [1.807, 2.05) is 42.5 Å². The molecular formula is C15H13ClN2O2. The van der Waals surface area contributed by atoms with Crippen molar-refractivity contribution in [3.8, 4) is 5.75 Å². The van der Waals surface area contributed by atoms with Gasteiger partial charge in [-0.1, -0.05) is 23.7 Å². The van der Waals surface area contributed by atoms with E-state index in [2.05, 4.69) is 4.98 Å². The van der Waals surface area contributed by atoms with E-state index in [-0.39, 0.29) is 5.69 Å². The van der Waals surface area contributed by atoms with Crippen LogP contribution in [0.25, 0.3) is 11.0 Å². The van der Waals surface area contributed by atoms with Gasteiger partial charge in [0.1, 0.15) is 5.75 Å². The lowest BCUT2D eigenvalue weighted by atomic mass is 10.2. The van der Waals surface area contributed by atoms with Gasteiger partial charge in [-0.05, 0) is 29.8 Å². The van der Waals surface area contributed by atoms with Crippen LogP contribution in [0.2, 0.25) is 5.02 Å². The first kappa shape index (κ1) is 12.8. The molecule has 0 saturated carbocycles. The molecular weight excluding hydrogens is 276 g/mol. The number of hydrogen-bond acceptors (Lipinski definition) is 2. The minimum absolute atomic E-state index is 0.145. The van der Waals surface area contributed by atoms with E-state index in [0.29, 0.717) is 17.3 Å². The predicted molar refractivity (Wildman–Crippen MR) is 79.7 cm³/mol. The van der Waals surface area contributed by atoms with Crippen LogP contribution in [-0.4, -0.2) is 16.7 Å². The summed E-state index contributed by atoms with van der Waals surface area (Å²) in [5.41, 5.74) is 2.44. The van der Waals surface area contributed by atoms with Gasteiger partial charge in [0.25, 0.3) is 0 Å². The summed E-state index contributed by atoms with van der Waals surface area (Å²) in [4.78, 5) is 14.9. The molecule has 0 aliphatic carbocycles. The smallest absolute Gasteiger partial charge is 0.326 e. The normalized spacial score (nSPS) is 10.9. The molecule has 3 aromatic rings. The highest BCUT2D eigenvalue weighted by Gasteiger charge is 2.08. The lowest BCUT2D eigenvalue weighted by Crippen LogP contribution is -2.17. The van der Waals surface area contributed by atoms with Gasteiger partial charge in [-0.15, -0.1) is 0 Å². The Kier molecular flexibility index (Phi) is 3.24. The minimum Gasteiger partial charge on any atom is -0.497 e. The van der Waals surface area contributed by atoms with Crippen LogP contribution in [-0.2, 0) is 6.54 Å². The van der Waals surface area contributed by atoms with Crippen molar-refractivity contribution in [3.63, 3.8) is 0 Å². The minimum atomic E-state index is -0.145. The van der Waals surface area contributed by atoms with E-state index < -0.39 is 0 Å². The van der Waals surface area contributed by atoms with E-state index >= 15 is 0 Å². The number of halogens is 1. The third kappa shape index (κ3) is 2.30. The lowest BCUT2D eigenvalue weighted by Gasteiger charge is -2.05. The number of rotatable bonds is 3. The van der Waals surface area contributed by atoms with Crippen LogP contribution in [0.15, 0.2) is 47.3 Å². The Morgan fingerprint density at radius 1 is 1.25 bits per heavy atom. The number of nitrogens with one attached hydrogen (secondary N) is 1. The average Bonchev–Trinajstić information content (AvgIpc) is 2.74. The molecule has 102 valence electrons. The maximum absolute atomic E-state index is 12.1. The quantitative estimate of drug-likeness (QED) is 0.805. The first-order chi connectivity index (χ1) is 9.67. The Bertz CT molecular complexity index is 820. The summed E-state index contributed by atoms with van der Waals surface area (Å²) < 4.78 is 6.84. The lowest BCUT2D eigenvalue weighted by molar-refractivity contribution is 0.415. The molecule has 5 heteroatoms. The number of hydrogen-bond donors (Lipinski definition) is 1. The molecule has 0 aliphatic rings. The highest BCUT2D eigenvalue weighted by atomic mass is 35.5. The van der Waals surface area contributed by atoms with Gasteiger partial charge in [0.05, 0.1) is 24.7 Å². The number of imidazole rings is 1. The van der Waals surface area contributed by atoms with Crippen LogP contribution in [0.4, 0.5) is 0 Å². The second kappa shape index (κ2) is 5.06. The summed E-state index contributed by atoms with van der Waals surface area (Å²) in [5.74, 6) is 0.716. The SMILES string of the molecule is COc1ccc2c(c1)[nH]c(=O)n2Cc1cccc(Cl)c1. The van der Waals surface area contributed by atoms with Crippen molar-refractivity contribution in [2.45, 2.75) is 6.54 Å². The Morgan fingerprint density at radius 2 is 2.10 bits per heavy atom. The highest BCUT2D eigenvalue weighted by molar-refractivity contribution is 6.30. The molecule has 3 rings (SSSR count). The molecule has 0 spiro atoms. The van der Waals surface area contributed by atoms with Crippen LogP contribution in [0.5, 0.6) is 5.75 Å². The zero-order valence-electron chi connectivity index (χ0n) is 10.9. The Balaban J connectivity index is 2.07. The molecule has 1 aromatic heterocycles. The number of methoxy groups -OCH3 is 1. The number of fused-ring (bicyclic) bond motifs is 1. The summed E-state index contributed by atoms with van der Waals surface area (Å²) in [6.45, 7) is 0.478. The number of benzene rings is 2. The van der Waals surface area contributed by atoms with Gasteiger partial charge in [0.15, 0.2) is 0 Å². The largest absolute Gasteiger partial charge is 0.497 e. The molecule has 1 heterocycles. The average molecular weight is 289 g/mol. The molecule has 4 nitrogen and oxygen atoms in total. The van der Waals surface area contributed by atoms with Crippen LogP contribution in [0, 0.1) is 0 Å². The van der Waals surface area contributed by atoms with Crippen molar-refractivity contribution in [3.05, 3.63) is 63.5 Å². The van der Waals surface area contributed by atoms with Crippen molar-refractivity contribution in [1.82, 2.24) is 9.55 Å². The van der Waals surface area contributed by atoms with Gasteiger partial charge in [0, 0.05) is 11.1 Å². The van der Waals surface area contributed by atoms with E-state index in [0.717, 1.165) is 16.6 Å². The van der Waals surface area contributed by atoms with Gasteiger partial charge < -0.3 is 9.72 Å². The topological polar surface area (TPSA) is 47.0 Å². The first-order valence-corrected chi connectivity index (χ1v) is 6.56. The van der Waals surface area contributed by atoms with Gasteiger partial charge in [-0.25, -0.2) is 4.79 Å². The zero-order valence-corrected chi connectivity index (χ0v) is 11.6. The Hall–Kier alpha value is -2.20. The molecule has 0 aliphatic heterocycles. The summed E-state index contributed by atoms with van der Waals surface area (Å²) in [6.07, 6.45) is 0. The van der Waals surface area contributed by atoms with Gasteiger partial charge in [-0.3, -0.25) is 4.57 Å². The van der Waals surface area contributed by atoms with E-state index in [4.69, 9.17) is 16.3 Å². The monoisotopic (exact) mass is 288 g/mol. The highest BCUT2D eigenvalue weighted by Crippen LogP contribution is 2.19. The molecule has 1 N–H and O–H groups in total. The molecule has 2 aromatic carbocycles. The van der Waals surface area contributed by atoms with E-state index in [1.54, 1.807) is 11.7 Å². The number of ether oxygens (including phenoxy) is 1. The van der Waals surface area contributed by atoms with Gasteiger partial charge >= 0.3 is 5.69 Å². The number of aromatic nitrogens is 2. The van der Waals surface area contributed by atoms with E-state index in [1.165, 1.54) is 0 Å². The maximum Gasteiger partial charge on any atom is 0.326 e. The Labute approximate surface area is 120 Å². The van der Waals surface area contributed by atoms with Crippen LogP contribution in [0.1, 0.15) is 5.56 Å². The number of nitrogens with zero attached hydrogens (tertiary/aromatic N) is 1. The summed E-state index contributed by atoms with van der Waals surface area (Å²) in [7, 11) is 1.60. The Morgan fingerprint density at radius 3 is 2.85 bits per heavy atom. The van der Waals surface area contributed by atoms with Crippen molar-refractivity contribution in [2.24, 2.45) is 0 Å². The zero-order chi connectivity index (χ0) is 14.1. The standard InChI is InChI=1S/C15H13ClN2O2/c1-20-12-5-6-14-13(8-12)17-15(19)18(14)9-10-3-2-4-11(16)7-10/h2-8H,9H2,1H3,(H,17,19). The second-order valence-electron chi connectivity index (χ2n) is 4.53. The molecule has 0 amide bonds. The number of aromatic amines is 1. The molecule has 0 fully saturated rings. The van der Waals surface area contributed by atoms with Crippen LogP contribution < -0.4 is 10.4 Å². The fourth-order valence-electron chi connectivity index (χ4n) is 2.24. The van der Waals surface area contributed by atoms with Crippen molar-refractivity contribution < 1.29 is 4.74 Å². The van der Waals surface area contributed by atoms with Crippen LogP contribution in [0.3, 0.4) is 0 Å². The third-order valence-electron chi connectivity index (χ3n) is 3.21. The van der Waals surface area contributed by atoms with Crippen LogP contribution >= 0.6 is 11.6 Å². The molecule has 0 saturated heterocycles. The summed E-state index contributed by atoms with van der Waals surface area (Å²) in [6, 6.07) is 13.0.